The molecule has 0 bridgehead atoms. The molecule has 0 saturated heterocycles. The van der Waals surface area contributed by atoms with E-state index in [-0.39, 0.29) is 6.04 Å². The Hall–Kier alpha value is -3.26. The molecule has 8 nitrogen and oxygen atoms in total. The number of nitrogens with zero attached hydrogens (tertiary/aromatic N) is 6. The second kappa shape index (κ2) is 7.55. The molecule has 27 heavy (non-hydrogen) atoms. The van der Waals surface area contributed by atoms with Crippen molar-refractivity contribution in [2.45, 2.75) is 19.5 Å². The van der Waals surface area contributed by atoms with Gasteiger partial charge in [0.15, 0.2) is 0 Å². The van der Waals surface area contributed by atoms with Gasteiger partial charge in [-0.15, -0.1) is 0 Å². The molecule has 0 amide bonds. The first-order valence-corrected chi connectivity index (χ1v) is 8.70. The molecule has 0 spiro atoms. The molecular formula is C18H16ClN7O. The molecule has 0 aliphatic heterocycles. The predicted octanol–water partition coefficient (Wildman–Crippen LogP) is 3.54. The van der Waals surface area contributed by atoms with Crippen molar-refractivity contribution in [3.8, 4) is 22.8 Å². The van der Waals surface area contributed by atoms with Crippen molar-refractivity contribution >= 4 is 17.4 Å². The number of aromatic nitrogens is 6. The number of hydrogen-bond donors (Lipinski definition) is 1. The Bertz CT molecular complexity index is 1010. The lowest BCUT2D eigenvalue weighted by Gasteiger charge is -2.14. The van der Waals surface area contributed by atoms with Gasteiger partial charge in [0.2, 0.25) is 5.82 Å². The largest absolute Gasteiger partial charge is 0.366 e. The van der Waals surface area contributed by atoms with Crippen LogP contribution in [0.25, 0.3) is 22.8 Å². The molecule has 4 rings (SSSR count). The van der Waals surface area contributed by atoms with E-state index >= 15 is 0 Å². The second-order valence-electron chi connectivity index (χ2n) is 6.03. The molecule has 1 aromatic carbocycles. The van der Waals surface area contributed by atoms with Crippen LogP contribution in [0.15, 0.2) is 59.8 Å². The number of pyridine rings is 1. The summed E-state index contributed by atoms with van der Waals surface area (Å²) >= 11 is 6.01. The summed E-state index contributed by atoms with van der Waals surface area (Å²) in [5, 5.41) is 12.0. The highest BCUT2D eigenvalue weighted by Gasteiger charge is 2.12. The van der Waals surface area contributed by atoms with Gasteiger partial charge in [-0.3, -0.25) is 4.68 Å². The van der Waals surface area contributed by atoms with E-state index in [2.05, 4.69) is 30.5 Å². The summed E-state index contributed by atoms with van der Waals surface area (Å²) in [6.45, 7) is 2.74. The van der Waals surface area contributed by atoms with Gasteiger partial charge in [0.25, 0.3) is 5.89 Å². The molecule has 4 aromatic rings. The van der Waals surface area contributed by atoms with Crippen LogP contribution in [0.4, 0.5) is 5.82 Å². The van der Waals surface area contributed by atoms with Crippen LogP contribution in [-0.4, -0.2) is 35.9 Å². The maximum absolute atomic E-state index is 6.01. The average Bonchev–Trinajstić information content (AvgIpc) is 3.34. The Morgan fingerprint density at radius 2 is 2.15 bits per heavy atom. The minimum Gasteiger partial charge on any atom is -0.366 e. The molecule has 0 fully saturated rings. The minimum atomic E-state index is 0.142. The Morgan fingerprint density at radius 1 is 1.22 bits per heavy atom. The molecule has 1 N–H and O–H groups in total. The lowest BCUT2D eigenvalue weighted by Crippen LogP contribution is -2.22. The Morgan fingerprint density at radius 3 is 2.89 bits per heavy atom. The molecule has 0 aliphatic carbocycles. The first-order valence-electron chi connectivity index (χ1n) is 8.32. The zero-order valence-corrected chi connectivity index (χ0v) is 15.2. The van der Waals surface area contributed by atoms with Gasteiger partial charge in [0, 0.05) is 22.8 Å². The van der Waals surface area contributed by atoms with Gasteiger partial charge in [0.05, 0.1) is 12.1 Å². The van der Waals surface area contributed by atoms with Gasteiger partial charge in [-0.25, -0.2) is 9.97 Å². The lowest BCUT2D eigenvalue weighted by atomic mass is 10.2. The van der Waals surface area contributed by atoms with Crippen molar-refractivity contribution < 1.29 is 4.52 Å². The monoisotopic (exact) mass is 381 g/mol. The van der Waals surface area contributed by atoms with Crippen LogP contribution in [0.1, 0.15) is 6.92 Å². The SMILES string of the molecule is C[C@@H](Cn1cncn1)Nc1ccc(-c2nc(-c3cccc(Cl)c3)no2)cn1. The number of halogens is 1. The third kappa shape index (κ3) is 4.12. The summed E-state index contributed by atoms with van der Waals surface area (Å²) in [7, 11) is 0. The molecule has 0 saturated carbocycles. The number of anilines is 1. The first-order chi connectivity index (χ1) is 13.2. The molecule has 0 aliphatic rings. The topological polar surface area (TPSA) is 94.6 Å². The van der Waals surface area contributed by atoms with Gasteiger partial charge in [-0.1, -0.05) is 28.9 Å². The molecular weight excluding hydrogens is 366 g/mol. The van der Waals surface area contributed by atoms with Crippen LogP contribution in [0.5, 0.6) is 0 Å². The van der Waals surface area contributed by atoms with Crippen LogP contribution in [0.2, 0.25) is 5.02 Å². The number of benzene rings is 1. The zero-order chi connectivity index (χ0) is 18.6. The van der Waals surface area contributed by atoms with Crippen molar-refractivity contribution in [1.29, 1.82) is 0 Å². The molecule has 136 valence electrons. The summed E-state index contributed by atoms with van der Waals surface area (Å²) < 4.78 is 7.12. The zero-order valence-electron chi connectivity index (χ0n) is 14.5. The first kappa shape index (κ1) is 17.2. The van der Waals surface area contributed by atoms with E-state index in [1.807, 2.05) is 31.2 Å². The minimum absolute atomic E-state index is 0.142. The number of rotatable bonds is 6. The van der Waals surface area contributed by atoms with Crippen LogP contribution >= 0.6 is 11.6 Å². The maximum atomic E-state index is 6.01. The summed E-state index contributed by atoms with van der Waals surface area (Å²) in [6, 6.07) is 11.2. The molecule has 1 atom stereocenters. The van der Waals surface area contributed by atoms with Gasteiger partial charge >= 0.3 is 0 Å². The summed E-state index contributed by atoms with van der Waals surface area (Å²) in [5.41, 5.74) is 1.54. The Labute approximate surface area is 160 Å². The lowest BCUT2D eigenvalue weighted by molar-refractivity contribution is 0.432. The third-order valence-corrected chi connectivity index (χ3v) is 4.08. The Balaban J connectivity index is 1.44. The highest BCUT2D eigenvalue weighted by Crippen LogP contribution is 2.24. The van der Waals surface area contributed by atoms with E-state index in [0.29, 0.717) is 23.3 Å². The van der Waals surface area contributed by atoms with Crippen molar-refractivity contribution in [1.82, 2.24) is 29.9 Å². The molecule has 0 unspecified atom stereocenters. The predicted molar refractivity (Wildman–Crippen MR) is 101 cm³/mol. The quantitative estimate of drug-likeness (QED) is 0.545. The fourth-order valence-electron chi connectivity index (χ4n) is 2.60. The highest BCUT2D eigenvalue weighted by atomic mass is 35.5. The maximum Gasteiger partial charge on any atom is 0.259 e. The van der Waals surface area contributed by atoms with E-state index in [4.69, 9.17) is 16.1 Å². The van der Waals surface area contributed by atoms with E-state index in [1.54, 1.807) is 29.3 Å². The Kier molecular flexibility index (Phi) is 4.80. The molecule has 3 heterocycles. The molecule has 9 heteroatoms. The van der Waals surface area contributed by atoms with Crippen molar-refractivity contribution in [2.24, 2.45) is 0 Å². The average molecular weight is 382 g/mol. The number of hydrogen-bond acceptors (Lipinski definition) is 7. The van der Waals surface area contributed by atoms with E-state index in [9.17, 15) is 0 Å². The van der Waals surface area contributed by atoms with Crippen LogP contribution in [0, 0.1) is 0 Å². The summed E-state index contributed by atoms with van der Waals surface area (Å²) in [6.07, 6.45) is 4.89. The fourth-order valence-corrected chi connectivity index (χ4v) is 2.79. The highest BCUT2D eigenvalue weighted by molar-refractivity contribution is 6.30. The normalized spacial score (nSPS) is 12.1. The smallest absolute Gasteiger partial charge is 0.259 e. The molecule has 3 aromatic heterocycles. The van der Waals surface area contributed by atoms with E-state index in [0.717, 1.165) is 16.9 Å². The third-order valence-electron chi connectivity index (χ3n) is 3.84. The summed E-state index contributed by atoms with van der Waals surface area (Å²) in [5.74, 6) is 1.64. The second-order valence-corrected chi connectivity index (χ2v) is 6.46. The molecule has 0 radical (unpaired) electrons. The van der Waals surface area contributed by atoms with Crippen LogP contribution in [0.3, 0.4) is 0 Å². The van der Waals surface area contributed by atoms with E-state index in [1.165, 1.54) is 6.33 Å². The fraction of sp³-hybridized carbons (Fsp3) is 0.167. The van der Waals surface area contributed by atoms with Crippen molar-refractivity contribution in [3.05, 3.63) is 60.3 Å². The van der Waals surface area contributed by atoms with Gasteiger partial charge < -0.3 is 9.84 Å². The van der Waals surface area contributed by atoms with Gasteiger partial charge in [-0.05, 0) is 31.2 Å². The van der Waals surface area contributed by atoms with Crippen molar-refractivity contribution in [2.75, 3.05) is 5.32 Å². The van der Waals surface area contributed by atoms with E-state index < -0.39 is 0 Å². The van der Waals surface area contributed by atoms with Crippen molar-refractivity contribution in [3.63, 3.8) is 0 Å². The van der Waals surface area contributed by atoms with Gasteiger partial charge in [0.1, 0.15) is 18.5 Å². The number of nitrogens with one attached hydrogen (secondary N) is 1. The van der Waals surface area contributed by atoms with Crippen LogP contribution in [-0.2, 0) is 6.54 Å². The summed E-state index contributed by atoms with van der Waals surface area (Å²) in [4.78, 5) is 12.8. The standard InChI is InChI=1S/C18H16ClN7O/c1-12(9-26-11-20-10-22-26)23-16-6-5-14(8-21-16)18-24-17(25-27-18)13-3-2-4-15(19)7-13/h2-8,10-12H,9H2,1H3,(H,21,23)/t12-/m0/s1. The van der Waals surface area contributed by atoms with Crippen LogP contribution < -0.4 is 5.32 Å². The van der Waals surface area contributed by atoms with Gasteiger partial charge in [-0.2, -0.15) is 10.1 Å².